The molecule has 4 N–H and O–H groups in total. The fourth-order valence-corrected chi connectivity index (χ4v) is 4.12. The Morgan fingerprint density at radius 1 is 1.14 bits per heavy atom. The number of nitrogens with one attached hydrogen (secondary N) is 1. The molecular formula is C25H28N8O2. The van der Waals surface area contributed by atoms with E-state index in [-0.39, 0.29) is 5.91 Å². The number of rotatable bonds is 6. The Hall–Kier alpha value is -3.86. The maximum atomic E-state index is 12.9. The number of aliphatic hydroxyl groups excluding tert-OH is 1. The summed E-state index contributed by atoms with van der Waals surface area (Å²) in [6.07, 6.45) is 2.93. The van der Waals surface area contributed by atoms with Gasteiger partial charge in [-0.1, -0.05) is 6.07 Å². The van der Waals surface area contributed by atoms with Gasteiger partial charge in [0.15, 0.2) is 0 Å². The number of hydrogen-bond acceptors (Lipinski definition) is 8. The van der Waals surface area contributed by atoms with E-state index in [4.69, 9.17) is 5.73 Å². The van der Waals surface area contributed by atoms with Crippen LogP contribution in [0.1, 0.15) is 10.5 Å². The summed E-state index contributed by atoms with van der Waals surface area (Å²) < 4.78 is 1.75. The van der Waals surface area contributed by atoms with Crippen molar-refractivity contribution in [2.24, 2.45) is 0 Å². The summed E-state index contributed by atoms with van der Waals surface area (Å²) >= 11 is 0. The number of nitrogens with two attached hydrogens (primary N) is 1. The van der Waals surface area contributed by atoms with Gasteiger partial charge in [-0.3, -0.25) is 14.4 Å². The van der Waals surface area contributed by atoms with Crippen molar-refractivity contribution in [2.45, 2.75) is 12.8 Å². The van der Waals surface area contributed by atoms with Crippen molar-refractivity contribution >= 4 is 28.3 Å². The van der Waals surface area contributed by atoms with Gasteiger partial charge in [-0.25, -0.2) is 9.97 Å². The Morgan fingerprint density at radius 3 is 2.74 bits per heavy atom. The van der Waals surface area contributed by atoms with E-state index in [1.807, 2.05) is 36.5 Å². The molecular weight excluding hydrogens is 444 g/mol. The predicted octanol–water partition coefficient (Wildman–Crippen LogP) is 1.89. The lowest BCUT2D eigenvalue weighted by molar-refractivity contribution is -0.0329. The molecule has 1 saturated heterocycles. The van der Waals surface area contributed by atoms with Crippen molar-refractivity contribution in [3.8, 4) is 11.3 Å². The van der Waals surface area contributed by atoms with E-state index in [2.05, 4.69) is 37.2 Å². The highest BCUT2D eigenvalue weighted by Gasteiger charge is 2.21. The molecule has 35 heavy (non-hydrogen) atoms. The molecule has 1 amide bonds. The van der Waals surface area contributed by atoms with Crippen molar-refractivity contribution in [3.05, 3.63) is 66.6 Å². The van der Waals surface area contributed by atoms with Crippen LogP contribution in [0, 0.1) is 0 Å². The highest BCUT2D eigenvalue weighted by molar-refractivity contribution is 6.04. The first-order chi connectivity index (χ1) is 16.9. The molecule has 0 aliphatic carbocycles. The Bertz CT molecular complexity index is 1330. The van der Waals surface area contributed by atoms with E-state index in [0.717, 1.165) is 42.6 Å². The maximum absolute atomic E-state index is 12.9. The number of aromatic nitrogens is 4. The smallest absolute Gasteiger partial charge is 0.274 e. The fraction of sp³-hybridized carbons (Fsp3) is 0.280. The lowest BCUT2D eigenvalue weighted by atomic mass is 10.1. The minimum absolute atomic E-state index is 0.297. The van der Waals surface area contributed by atoms with E-state index in [0.29, 0.717) is 29.4 Å². The first-order valence-electron chi connectivity index (χ1n) is 11.5. The molecule has 0 spiro atoms. The van der Waals surface area contributed by atoms with Crippen LogP contribution >= 0.6 is 0 Å². The van der Waals surface area contributed by atoms with Crippen LogP contribution in [0.3, 0.4) is 0 Å². The molecule has 1 atom stereocenters. The Labute approximate surface area is 203 Å². The van der Waals surface area contributed by atoms with Gasteiger partial charge in [0.25, 0.3) is 5.91 Å². The number of pyridine rings is 2. The number of fused-ring (bicyclic) bond motifs is 1. The summed E-state index contributed by atoms with van der Waals surface area (Å²) in [5, 5.41) is 19.0. The molecule has 0 radical (unpaired) electrons. The number of amides is 1. The molecule has 4 aromatic rings. The van der Waals surface area contributed by atoms with Crippen LogP contribution in [0.5, 0.6) is 0 Å². The van der Waals surface area contributed by atoms with Crippen LogP contribution in [0.15, 0.2) is 60.9 Å². The van der Waals surface area contributed by atoms with E-state index >= 15 is 0 Å². The monoisotopic (exact) mass is 472 g/mol. The fourth-order valence-electron chi connectivity index (χ4n) is 4.12. The topological polar surface area (TPSA) is 125 Å². The van der Waals surface area contributed by atoms with Crippen LogP contribution in [0.2, 0.25) is 0 Å². The zero-order chi connectivity index (χ0) is 24.4. The average Bonchev–Trinajstić information content (AvgIpc) is 3.26. The molecule has 0 bridgehead atoms. The molecule has 180 valence electrons. The zero-order valence-corrected chi connectivity index (χ0v) is 19.5. The van der Waals surface area contributed by atoms with Crippen LogP contribution < -0.4 is 11.1 Å². The largest absolute Gasteiger partial charge is 0.384 e. The molecule has 0 saturated carbocycles. The number of carbonyl (C=O) groups excluding carboxylic acids is 1. The van der Waals surface area contributed by atoms with Crippen molar-refractivity contribution in [2.75, 3.05) is 44.3 Å². The third-order valence-electron chi connectivity index (χ3n) is 6.18. The van der Waals surface area contributed by atoms with Gasteiger partial charge >= 0.3 is 0 Å². The van der Waals surface area contributed by atoms with Gasteiger partial charge in [0.2, 0.25) is 0 Å². The lowest BCUT2D eigenvalue weighted by Gasteiger charge is -2.35. The number of hydrogen-bond donors (Lipinski definition) is 3. The maximum Gasteiger partial charge on any atom is 0.274 e. The van der Waals surface area contributed by atoms with E-state index in [1.54, 1.807) is 29.1 Å². The summed E-state index contributed by atoms with van der Waals surface area (Å²) in [5.41, 5.74) is 8.81. The summed E-state index contributed by atoms with van der Waals surface area (Å²) in [6.45, 7) is 3.93. The summed E-state index contributed by atoms with van der Waals surface area (Å²) in [7, 11) is 2.09. The Balaban J connectivity index is 1.27. The van der Waals surface area contributed by atoms with Gasteiger partial charge in [-0.15, -0.1) is 0 Å². The van der Waals surface area contributed by atoms with Gasteiger partial charge in [0, 0.05) is 55.2 Å². The third-order valence-corrected chi connectivity index (χ3v) is 6.18. The predicted molar refractivity (Wildman–Crippen MR) is 135 cm³/mol. The number of aliphatic hydroxyl groups is 1. The highest BCUT2D eigenvalue weighted by atomic mass is 16.3. The minimum Gasteiger partial charge on any atom is -0.384 e. The number of nitrogens with zero attached hydrogens (tertiary/aromatic N) is 6. The number of piperazine rings is 1. The molecule has 5 rings (SSSR count). The van der Waals surface area contributed by atoms with Crippen molar-refractivity contribution in [1.29, 1.82) is 0 Å². The molecule has 4 heterocycles. The molecule has 1 unspecified atom stereocenters. The van der Waals surface area contributed by atoms with Crippen molar-refractivity contribution in [1.82, 2.24) is 29.5 Å². The minimum atomic E-state index is -0.591. The van der Waals surface area contributed by atoms with Gasteiger partial charge < -0.3 is 21.1 Å². The molecule has 10 heteroatoms. The van der Waals surface area contributed by atoms with Gasteiger partial charge in [0.1, 0.15) is 17.7 Å². The molecule has 3 aromatic heterocycles. The van der Waals surface area contributed by atoms with Gasteiger partial charge in [-0.05, 0) is 49.5 Å². The number of anilines is 2. The molecule has 10 nitrogen and oxygen atoms in total. The van der Waals surface area contributed by atoms with Crippen LogP contribution in [0.25, 0.3) is 22.2 Å². The van der Waals surface area contributed by atoms with Crippen LogP contribution in [-0.4, -0.2) is 80.0 Å². The van der Waals surface area contributed by atoms with Gasteiger partial charge in [-0.2, -0.15) is 5.10 Å². The van der Waals surface area contributed by atoms with Crippen molar-refractivity contribution < 1.29 is 9.90 Å². The first kappa shape index (κ1) is 22.9. The SMILES string of the molecule is CN1CCN(C(O)Cn2cc3cc(NC(=O)c4cccc(-c5ccc(N)nc5)n4)ccc3n2)CC1. The van der Waals surface area contributed by atoms with E-state index < -0.39 is 6.23 Å². The van der Waals surface area contributed by atoms with Crippen molar-refractivity contribution in [3.63, 3.8) is 0 Å². The molecule has 1 fully saturated rings. The first-order valence-corrected chi connectivity index (χ1v) is 11.5. The second kappa shape index (κ2) is 9.79. The Morgan fingerprint density at radius 2 is 1.97 bits per heavy atom. The standard InChI is InChI=1S/C25H28N8O2/c1-31-9-11-32(12-10-31)24(34)16-33-15-18-13-19(6-7-21(18)30-33)28-25(35)22-4-2-3-20(29-22)17-5-8-23(26)27-14-17/h2-8,13-15,24,34H,9-12,16H2,1H3,(H2,26,27)(H,28,35). The lowest BCUT2D eigenvalue weighted by Crippen LogP contribution is -2.50. The van der Waals surface area contributed by atoms with E-state index in [1.165, 1.54) is 0 Å². The van der Waals surface area contributed by atoms with Crippen LogP contribution in [0.4, 0.5) is 11.5 Å². The molecule has 1 aromatic carbocycles. The normalized spacial score (nSPS) is 15.8. The Kier molecular flexibility index (Phi) is 6.41. The van der Waals surface area contributed by atoms with E-state index in [9.17, 15) is 9.90 Å². The van der Waals surface area contributed by atoms with Crippen LogP contribution in [-0.2, 0) is 6.54 Å². The number of benzene rings is 1. The second-order valence-electron chi connectivity index (χ2n) is 8.78. The molecule has 1 aliphatic rings. The summed E-state index contributed by atoms with van der Waals surface area (Å²) in [5.74, 6) is 0.114. The third kappa shape index (κ3) is 5.29. The zero-order valence-electron chi connectivity index (χ0n) is 19.5. The van der Waals surface area contributed by atoms with Gasteiger partial charge in [0.05, 0.1) is 17.8 Å². The summed E-state index contributed by atoms with van der Waals surface area (Å²) in [6, 6.07) is 14.3. The number of carbonyl (C=O) groups is 1. The highest BCUT2D eigenvalue weighted by Crippen LogP contribution is 2.21. The average molecular weight is 473 g/mol. The number of nitrogen functional groups attached to an aromatic ring is 1. The number of likely N-dealkylation sites (N-methyl/N-ethyl adjacent to an activating group) is 1. The second-order valence-corrected chi connectivity index (χ2v) is 8.78. The molecule has 1 aliphatic heterocycles. The quantitative estimate of drug-likeness (QED) is 0.389. The summed E-state index contributed by atoms with van der Waals surface area (Å²) in [4.78, 5) is 25.7.